The van der Waals surface area contributed by atoms with Crippen LogP contribution in [0.15, 0.2) is 41.9 Å². The maximum Gasteiger partial charge on any atom is 0.261 e. The summed E-state index contributed by atoms with van der Waals surface area (Å²) in [6.07, 6.45) is 1.66. The van der Waals surface area contributed by atoms with Gasteiger partial charge in [-0.25, -0.2) is 9.97 Å². The molecule has 2 heterocycles. The van der Waals surface area contributed by atoms with E-state index >= 15 is 0 Å². The van der Waals surface area contributed by atoms with E-state index in [-0.39, 0.29) is 5.91 Å². The van der Waals surface area contributed by atoms with E-state index in [9.17, 15) is 4.79 Å². The van der Waals surface area contributed by atoms with Crippen molar-refractivity contribution in [3.05, 3.63) is 47.5 Å². The molecule has 0 aliphatic heterocycles. The molecule has 27 heavy (non-hydrogen) atoms. The van der Waals surface area contributed by atoms with Gasteiger partial charge in [-0.15, -0.1) is 11.3 Å². The molecule has 0 bridgehead atoms. The zero-order valence-electron chi connectivity index (χ0n) is 15.5. The molecule has 1 aromatic carbocycles. The monoisotopic (exact) mass is 384 g/mol. The number of ether oxygens (including phenoxy) is 2. The highest BCUT2D eigenvalue weighted by molar-refractivity contribution is 7.14. The van der Waals surface area contributed by atoms with Gasteiger partial charge in [-0.1, -0.05) is 0 Å². The Labute approximate surface area is 161 Å². The number of nitrogens with zero attached hydrogens (tertiary/aromatic N) is 3. The first-order chi connectivity index (χ1) is 13.0. The zero-order chi connectivity index (χ0) is 19.4. The van der Waals surface area contributed by atoms with E-state index in [2.05, 4.69) is 15.3 Å². The van der Waals surface area contributed by atoms with Crippen LogP contribution >= 0.6 is 11.3 Å². The molecule has 2 aromatic heterocycles. The van der Waals surface area contributed by atoms with Crippen LogP contribution in [0.2, 0.25) is 0 Å². The number of rotatable bonds is 6. The van der Waals surface area contributed by atoms with Gasteiger partial charge in [0.15, 0.2) is 5.13 Å². The third kappa shape index (κ3) is 4.01. The summed E-state index contributed by atoms with van der Waals surface area (Å²) in [4.78, 5) is 23.2. The lowest BCUT2D eigenvalue weighted by Gasteiger charge is -2.14. The van der Waals surface area contributed by atoms with Crippen LogP contribution in [0.3, 0.4) is 0 Å². The molecule has 3 rings (SSSR count). The van der Waals surface area contributed by atoms with Gasteiger partial charge < -0.3 is 14.4 Å². The van der Waals surface area contributed by atoms with Gasteiger partial charge in [-0.2, -0.15) is 0 Å². The summed E-state index contributed by atoms with van der Waals surface area (Å²) in [6, 6.07) is 8.99. The van der Waals surface area contributed by atoms with Crippen LogP contribution in [0.1, 0.15) is 10.4 Å². The highest BCUT2D eigenvalue weighted by Gasteiger charge is 2.16. The summed E-state index contributed by atoms with van der Waals surface area (Å²) >= 11 is 1.35. The quantitative estimate of drug-likeness (QED) is 0.700. The summed E-state index contributed by atoms with van der Waals surface area (Å²) in [6.45, 7) is 0. The van der Waals surface area contributed by atoms with Gasteiger partial charge in [0.2, 0.25) is 0 Å². The Bertz CT molecular complexity index is 956. The van der Waals surface area contributed by atoms with Gasteiger partial charge in [0.1, 0.15) is 17.3 Å². The van der Waals surface area contributed by atoms with Crippen molar-refractivity contribution in [3.8, 4) is 22.8 Å². The number of methoxy groups -OCH3 is 2. The first kappa shape index (κ1) is 18.7. The molecule has 1 N–H and O–H groups in total. The number of hydrogen-bond donors (Lipinski definition) is 1. The maximum absolute atomic E-state index is 12.6. The Hall–Kier alpha value is -3.13. The van der Waals surface area contributed by atoms with E-state index < -0.39 is 0 Å². The predicted molar refractivity (Wildman–Crippen MR) is 107 cm³/mol. The number of pyridine rings is 1. The van der Waals surface area contributed by atoms with Crippen LogP contribution in [-0.4, -0.2) is 44.2 Å². The Morgan fingerprint density at radius 1 is 1.19 bits per heavy atom. The van der Waals surface area contributed by atoms with Crippen molar-refractivity contribution in [2.45, 2.75) is 0 Å². The number of anilines is 2. The zero-order valence-corrected chi connectivity index (χ0v) is 16.3. The van der Waals surface area contributed by atoms with Gasteiger partial charge in [-0.05, 0) is 24.3 Å². The standard InChI is InChI=1S/C19H20N4O3S/c1-23(2)17-14(6-5-9-20-17)18(24)22-19-21-15(11-27-19)13-8-7-12(25-3)10-16(13)26-4/h5-11H,1-4H3,(H,21,22,24). The summed E-state index contributed by atoms with van der Waals surface area (Å²) in [7, 11) is 6.89. The van der Waals surface area contributed by atoms with Crippen molar-refractivity contribution in [1.82, 2.24) is 9.97 Å². The minimum absolute atomic E-state index is 0.255. The molecule has 0 radical (unpaired) electrons. The number of nitrogens with one attached hydrogen (secondary N) is 1. The fourth-order valence-corrected chi connectivity index (χ4v) is 3.27. The third-order valence-electron chi connectivity index (χ3n) is 3.86. The van der Waals surface area contributed by atoms with Crippen molar-refractivity contribution < 1.29 is 14.3 Å². The largest absolute Gasteiger partial charge is 0.497 e. The smallest absolute Gasteiger partial charge is 0.261 e. The molecule has 0 fully saturated rings. The second kappa shape index (κ2) is 8.05. The number of thiazole rings is 1. The number of carbonyl (C=O) groups excluding carboxylic acids is 1. The van der Waals surface area contributed by atoms with Crippen molar-refractivity contribution in [1.29, 1.82) is 0 Å². The van der Waals surface area contributed by atoms with Gasteiger partial charge in [0, 0.05) is 37.3 Å². The summed E-state index contributed by atoms with van der Waals surface area (Å²) in [5.41, 5.74) is 2.03. The van der Waals surface area contributed by atoms with E-state index in [4.69, 9.17) is 9.47 Å². The normalized spacial score (nSPS) is 10.4. The molecule has 0 atom stereocenters. The summed E-state index contributed by atoms with van der Waals surface area (Å²) in [5, 5.41) is 5.21. The molecular weight excluding hydrogens is 364 g/mol. The van der Waals surface area contributed by atoms with Gasteiger partial charge in [0.25, 0.3) is 5.91 Å². The van der Waals surface area contributed by atoms with Crippen molar-refractivity contribution in [2.24, 2.45) is 0 Å². The minimum Gasteiger partial charge on any atom is -0.497 e. The molecule has 0 aliphatic rings. The lowest BCUT2D eigenvalue weighted by molar-refractivity contribution is 0.102. The Kier molecular flexibility index (Phi) is 5.56. The average molecular weight is 384 g/mol. The minimum atomic E-state index is -0.255. The number of carbonyl (C=O) groups is 1. The van der Waals surface area contributed by atoms with E-state index in [1.165, 1.54) is 11.3 Å². The Morgan fingerprint density at radius 2 is 2.00 bits per heavy atom. The van der Waals surface area contributed by atoms with Gasteiger partial charge in [0.05, 0.1) is 25.5 Å². The molecule has 7 nitrogen and oxygen atoms in total. The third-order valence-corrected chi connectivity index (χ3v) is 4.62. The Balaban J connectivity index is 1.84. The van der Waals surface area contributed by atoms with Crippen LogP contribution in [-0.2, 0) is 0 Å². The molecule has 1 amide bonds. The molecule has 0 spiro atoms. The highest BCUT2D eigenvalue weighted by Crippen LogP contribution is 2.35. The molecular formula is C19H20N4O3S. The number of hydrogen-bond acceptors (Lipinski definition) is 7. The number of benzene rings is 1. The van der Waals surface area contributed by atoms with E-state index in [1.54, 1.807) is 43.5 Å². The first-order valence-corrected chi connectivity index (χ1v) is 9.03. The van der Waals surface area contributed by atoms with E-state index in [1.807, 2.05) is 31.6 Å². The second-order valence-electron chi connectivity index (χ2n) is 5.83. The molecule has 8 heteroatoms. The SMILES string of the molecule is COc1ccc(-c2csc(NC(=O)c3cccnc3N(C)C)n2)c(OC)c1. The van der Waals surface area contributed by atoms with Gasteiger partial charge >= 0.3 is 0 Å². The van der Waals surface area contributed by atoms with Crippen LogP contribution in [0, 0.1) is 0 Å². The predicted octanol–water partition coefficient (Wildman–Crippen LogP) is 3.54. The topological polar surface area (TPSA) is 76.6 Å². The maximum atomic E-state index is 12.6. The van der Waals surface area contributed by atoms with Crippen molar-refractivity contribution in [2.75, 3.05) is 38.5 Å². The fourth-order valence-electron chi connectivity index (χ4n) is 2.56. The fraction of sp³-hybridized carbons (Fsp3) is 0.211. The molecule has 0 saturated heterocycles. The van der Waals surface area contributed by atoms with Crippen LogP contribution in [0.25, 0.3) is 11.3 Å². The lowest BCUT2D eigenvalue weighted by atomic mass is 10.1. The second-order valence-corrected chi connectivity index (χ2v) is 6.69. The molecule has 0 saturated carbocycles. The first-order valence-electron chi connectivity index (χ1n) is 8.15. The highest BCUT2D eigenvalue weighted by atomic mass is 32.1. The lowest BCUT2D eigenvalue weighted by Crippen LogP contribution is -2.19. The van der Waals surface area contributed by atoms with Gasteiger partial charge in [-0.3, -0.25) is 10.1 Å². The van der Waals surface area contributed by atoms with Crippen molar-refractivity contribution >= 4 is 28.2 Å². The average Bonchev–Trinajstić information content (AvgIpc) is 3.15. The van der Waals surface area contributed by atoms with Crippen LogP contribution in [0.4, 0.5) is 10.9 Å². The summed E-state index contributed by atoms with van der Waals surface area (Å²) < 4.78 is 10.6. The molecule has 3 aromatic rings. The molecule has 0 aliphatic carbocycles. The van der Waals surface area contributed by atoms with E-state index in [0.29, 0.717) is 33.7 Å². The summed E-state index contributed by atoms with van der Waals surface area (Å²) in [5.74, 6) is 1.70. The number of amides is 1. The Morgan fingerprint density at radius 3 is 2.70 bits per heavy atom. The number of aromatic nitrogens is 2. The molecule has 0 unspecified atom stereocenters. The van der Waals surface area contributed by atoms with Crippen molar-refractivity contribution in [3.63, 3.8) is 0 Å². The van der Waals surface area contributed by atoms with Crippen LogP contribution < -0.4 is 19.7 Å². The molecule has 140 valence electrons. The van der Waals surface area contributed by atoms with E-state index in [0.717, 1.165) is 5.56 Å². The van der Waals surface area contributed by atoms with Crippen LogP contribution in [0.5, 0.6) is 11.5 Å².